The molecular weight excluding hydrogens is 264 g/mol. The first-order chi connectivity index (χ1) is 9.61. The maximum absolute atomic E-state index is 12.3. The van der Waals surface area contributed by atoms with E-state index in [2.05, 4.69) is 6.92 Å². The quantitative estimate of drug-likeness (QED) is 0.745. The Morgan fingerprint density at radius 2 is 1.86 bits per heavy atom. The molecule has 0 aliphatic heterocycles. The van der Waals surface area contributed by atoms with Gasteiger partial charge in [0.2, 0.25) is 0 Å². The zero-order valence-corrected chi connectivity index (χ0v) is 13.3. The molecule has 0 heterocycles. The van der Waals surface area contributed by atoms with Gasteiger partial charge in [-0.15, -0.1) is 0 Å². The van der Waals surface area contributed by atoms with Crippen LogP contribution in [0.15, 0.2) is 23.3 Å². The summed E-state index contributed by atoms with van der Waals surface area (Å²) in [5.74, 6) is 0.494. The van der Waals surface area contributed by atoms with E-state index in [0.717, 1.165) is 18.4 Å². The topological polar surface area (TPSA) is 54.4 Å². The fraction of sp³-hybridized carbons (Fsp3) is 0.667. The van der Waals surface area contributed by atoms with Gasteiger partial charge >= 0.3 is 0 Å². The highest BCUT2D eigenvalue weighted by molar-refractivity contribution is 6.05. The highest BCUT2D eigenvalue weighted by atomic mass is 16.3. The molecular formula is C18H24O3. The fourth-order valence-corrected chi connectivity index (χ4v) is 4.97. The van der Waals surface area contributed by atoms with E-state index in [9.17, 15) is 14.7 Å². The van der Waals surface area contributed by atoms with Gasteiger partial charge in [-0.1, -0.05) is 20.8 Å². The molecule has 3 atom stereocenters. The molecule has 2 saturated carbocycles. The number of allylic oxidation sites excluding steroid dienone is 2. The van der Waals surface area contributed by atoms with Crippen molar-refractivity contribution in [1.82, 2.24) is 0 Å². The van der Waals surface area contributed by atoms with Crippen molar-refractivity contribution in [3.8, 4) is 0 Å². The van der Waals surface area contributed by atoms with Crippen molar-refractivity contribution in [2.45, 2.75) is 59.0 Å². The Bertz CT molecular complexity index is 596. The van der Waals surface area contributed by atoms with E-state index in [4.69, 9.17) is 0 Å². The lowest BCUT2D eigenvalue weighted by Gasteiger charge is -2.58. The van der Waals surface area contributed by atoms with E-state index >= 15 is 0 Å². The van der Waals surface area contributed by atoms with E-state index in [1.54, 1.807) is 19.1 Å². The van der Waals surface area contributed by atoms with Crippen LogP contribution < -0.4 is 0 Å². The van der Waals surface area contributed by atoms with Crippen molar-refractivity contribution in [2.75, 3.05) is 0 Å². The summed E-state index contributed by atoms with van der Waals surface area (Å²) in [5.41, 5.74) is -0.192. The maximum atomic E-state index is 12.3. The summed E-state index contributed by atoms with van der Waals surface area (Å²) in [7, 11) is 0. The molecule has 3 aliphatic rings. The highest BCUT2D eigenvalue weighted by Gasteiger charge is 2.59. The van der Waals surface area contributed by atoms with Gasteiger partial charge in [-0.2, -0.15) is 0 Å². The molecule has 2 fully saturated rings. The molecule has 21 heavy (non-hydrogen) atoms. The van der Waals surface area contributed by atoms with E-state index < -0.39 is 5.60 Å². The number of ketones is 2. The van der Waals surface area contributed by atoms with Crippen molar-refractivity contribution < 1.29 is 14.7 Å². The number of fused-ring (bicyclic) bond motifs is 3. The fourth-order valence-electron chi connectivity index (χ4n) is 4.97. The summed E-state index contributed by atoms with van der Waals surface area (Å²) in [4.78, 5) is 24.4. The van der Waals surface area contributed by atoms with E-state index in [-0.39, 0.29) is 22.5 Å². The van der Waals surface area contributed by atoms with Gasteiger partial charge in [0.15, 0.2) is 5.78 Å². The van der Waals surface area contributed by atoms with Gasteiger partial charge in [-0.3, -0.25) is 9.59 Å². The Kier molecular flexibility index (Phi) is 2.91. The summed E-state index contributed by atoms with van der Waals surface area (Å²) < 4.78 is 0. The molecule has 3 aliphatic carbocycles. The van der Waals surface area contributed by atoms with Gasteiger partial charge in [0.25, 0.3) is 0 Å². The van der Waals surface area contributed by atoms with Gasteiger partial charge < -0.3 is 5.11 Å². The third kappa shape index (κ3) is 1.83. The second-order valence-electron chi connectivity index (χ2n) is 7.83. The lowest BCUT2D eigenvalue weighted by atomic mass is 9.46. The minimum Gasteiger partial charge on any atom is -0.381 e. The van der Waals surface area contributed by atoms with Crippen molar-refractivity contribution in [3.63, 3.8) is 0 Å². The van der Waals surface area contributed by atoms with Gasteiger partial charge in [-0.25, -0.2) is 0 Å². The molecule has 0 bridgehead atoms. The Morgan fingerprint density at radius 1 is 1.19 bits per heavy atom. The van der Waals surface area contributed by atoms with Crippen LogP contribution in [0, 0.1) is 16.7 Å². The van der Waals surface area contributed by atoms with Crippen molar-refractivity contribution in [3.05, 3.63) is 23.3 Å². The average molecular weight is 288 g/mol. The van der Waals surface area contributed by atoms with Crippen LogP contribution in [0.1, 0.15) is 53.4 Å². The minimum absolute atomic E-state index is 0.00810. The average Bonchev–Trinajstić information content (AvgIpc) is 2.37. The largest absolute Gasteiger partial charge is 0.381 e. The first-order valence-electron chi connectivity index (χ1n) is 7.83. The number of hydrogen-bond acceptors (Lipinski definition) is 3. The maximum Gasteiger partial charge on any atom is 0.181 e. The second-order valence-corrected chi connectivity index (χ2v) is 7.83. The molecule has 0 aromatic carbocycles. The third-order valence-electron chi connectivity index (χ3n) is 6.25. The molecule has 0 saturated heterocycles. The monoisotopic (exact) mass is 288 g/mol. The van der Waals surface area contributed by atoms with E-state index in [1.807, 2.05) is 13.8 Å². The Morgan fingerprint density at radius 3 is 2.52 bits per heavy atom. The summed E-state index contributed by atoms with van der Waals surface area (Å²) in [6.07, 6.45) is 6.06. The lowest BCUT2D eigenvalue weighted by Crippen LogP contribution is -2.56. The van der Waals surface area contributed by atoms with Crippen LogP contribution in [0.25, 0.3) is 0 Å². The zero-order valence-electron chi connectivity index (χ0n) is 13.3. The molecule has 0 unspecified atom stereocenters. The first kappa shape index (κ1) is 14.7. The third-order valence-corrected chi connectivity index (χ3v) is 6.25. The Labute approximate surface area is 126 Å². The van der Waals surface area contributed by atoms with Gasteiger partial charge in [0.1, 0.15) is 11.4 Å². The van der Waals surface area contributed by atoms with Gasteiger partial charge in [-0.05, 0) is 60.8 Å². The number of carbonyl (C=O) groups is 2. The molecule has 3 rings (SSSR count). The molecule has 114 valence electrons. The summed E-state index contributed by atoms with van der Waals surface area (Å²) in [6.45, 7) is 7.93. The first-order valence-corrected chi connectivity index (χ1v) is 7.83. The van der Waals surface area contributed by atoms with Crippen LogP contribution in [-0.2, 0) is 9.59 Å². The number of Topliss-reactive ketones (excluding diaryl/α,β-unsaturated/α-hetero) is 1. The van der Waals surface area contributed by atoms with Crippen LogP contribution in [-0.4, -0.2) is 22.3 Å². The van der Waals surface area contributed by atoms with Crippen molar-refractivity contribution in [1.29, 1.82) is 0 Å². The standard InChI is InChI=1S/C18H24O3/c1-11-10-18(21)8-5-13-16(2,3)15(20)6-7-17(13,4)14(18)9-12(11)19/h9-10,13,21H,5-8H2,1-4H3/t13-,17-,18+/m1/s1. The number of rotatable bonds is 0. The van der Waals surface area contributed by atoms with Crippen molar-refractivity contribution in [2.24, 2.45) is 16.7 Å². The zero-order chi connectivity index (χ0) is 15.6. The summed E-state index contributed by atoms with van der Waals surface area (Å²) in [6, 6.07) is 0. The summed E-state index contributed by atoms with van der Waals surface area (Å²) >= 11 is 0. The van der Waals surface area contributed by atoms with E-state index in [0.29, 0.717) is 24.2 Å². The molecule has 1 N–H and O–H groups in total. The predicted molar refractivity (Wildman–Crippen MR) is 80.6 cm³/mol. The van der Waals surface area contributed by atoms with Gasteiger partial charge in [0, 0.05) is 11.8 Å². The SMILES string of the molecule is CC1=C[C@@]2(O)CC[C@@H]3C(C)(C)C(=O)CC[C@@]3(C)C2=CC1=O. The number of carbonyl (C=O) groups excluding carboxylic acids is 2. The Hall–Kier alpha value is -1.22. The van der Waals surface area contributed by atoms with Crippen LogP contribution in [0.3, 0.4) is 0 Å². The normalized spacial score (nSPS) is 41.9. The van der Waals surface area contributed by atoms with Crippen LogP contribution in [0.4, 0.5) is 0 Å². The molecule has 0 spiro atoms. The van der Waals surface area contributed by atoms with Crippen LogP contribution in [0.2, 0.25) is 0 Å². The van der Waals surface area contributed by atoms with Crippen LogP contribution in [0.5, 0.6) is 0 Å². The van der Waals surface area contributed by atoms with Crippen LogP contribution >= 0.6 is 0 Å². The molecule has 0 aromatic heterocycles. The Balaban J connectivity index is 2.12. The van der Waals surface area contributed by atoms with E-state index in [1.165, 1.54) is 0 Å². The summed E-state index contributed by atoms with van der Waals surface area (Å²) in [5, 5.41) is 11.0. The molecule has 0 amide bonds. The predicted octanol–water partition coefficient (Wildman–Crippen LogP) is 2.98. The van der Waals surface area contributed by atoms with Crippen molar-refractivity contribution >= 4 is 11.6 Å². The number of hydrogen-bond donors (Lipinski definition) is 1. The molecule has 0 radical (unpaired) electrons. The number of aliphatic hydroxyl groups is 1. The second kappa shape index (κ2) is 4.16. The smallest absolute Gasteiger partial charge is 0.181 e. The molecule has 3 heteroatoms. The lowest BCUT2D eigenvalue weighted by molar-refractivity contribution is -0.142. The molecule has 3 nitrogen and oxygen atoms in total. The molecule has 0 aromatic rings. The minimum atomic E-state index is -1.00. The highest BCUT2D eigenvalue weighted by Crippen LogP contribution is 2.61. The van der Waals surface area contributed by atoms with Gasteiger partial charge in [0.05, 0.1) is 0 Å².